The maximum atomic E-state index is 11.8. The molecule has 4 saturated heterocycles. The summed E-state index contributed by atoms with van der Waals surface area (Å²) in [6.45, 7) is -4.65. The number of hydrogen-bond acceptors (Lipinski definition) is 25. The molecule has 19 atom stereocenters. The van der Waals surface area contributed by atoms with Gasteiger partial charge in [0.1, 0.15) is 92.1 Å². The van der Waals surface area contributed by atoms with Crippen molar-refractivity contribution in [3.05, 3.63) is 0 Å². The summed E-state index contributed by atoms with van der Waals surface area (Å²) >= 11 is 0. The summed E-state index contributed by atoms with van der Waals surface area (Å²) in [6, 6.07) is 0. The molecule has 31 heteroatoms. The molecule has 0 amide bonds. The Balaban J connectivity index is 0. The van der Waals surface area contributed by atoms with Crippen LogP contribution < -0.4 is 56.6 Å². The molecule has 4 aliphatic rings. The third-order valence-electron chi connectivity index (χ3n) is 8.55. The number of aliphatic hydroxyl groups excluding tert-OH is 13. The van der Waals surface area contributed by atoms with Gasteiger partial charge in [0, 0.05) is 0 Å². The van der Waals surface area contributed by atoms with Crippen LogP contribution in [0.4, 0.5) is 0 Å². The van der Waals surface area contributed by atoms with E-state index in [-0.39, 0.29) is 73.3 Å². The normalized spacial score (nSPS) is 44.5. The zero-order valence-corrected chi connectivity index (χ0v) is 32.5. The standard InChI is InChI=1S/C24H42O25S.K.4H2O/c25-1-6-10(28)14(32)17(35)21(43-6)41-3-8-11(29)15(33)18(36)22(44-8)42-4-9-12(30)16(34)19(48-50(39,40)49-38)23(45-9)47-24(5-27)20(37)13(31)7(2-26)46-24;;;;;/h6-23,25-38H,1-5H2;;4*1H2/q;+1;;;;/p-1/t6-,7-,8-,9-,10+,11+,12-,13-,14+,15+,16+,17-,18-,19-,20+,21+,22+,23-,24+;;;;;/m1...../s1. The van der Waals surface area contributed by atoms with Crippen LogP contribution in [0.1, 0.15) is 0 Å². The first-order valence-corrected chi connectivity index (χ1v) is 16.2. The summed E-state index contributed by atoms with van der Waals surface area (Å²) in [7, 11) is -5.46. The van der Waals surface area contributed by atoms with Crippen molar-refractivity contribution in [3.8, 4) is 0 Å². The van der Waals surface area contributed by atoms with Gasteiger partial charge in [-0.3, -0.25) is 0 Å². The van der Waals surface area contributed by atoms with Crippen molar-refractivity contribution >= 4 is 10.4 Å². The van der Waals surface area contributed by atoms with Crippen LogP contribution in [0.5, 0.6) is 0 Å². The Morgan fingerprint density at radius 1 is 0.564 bits per heavy atom. The Labute approximate surface area is 352 Å². The fraction of sp³-hybridized carbons (Fsp3) is 1.00. The van der Waals surface area contributed by atoms with Crippen molar-refractivity contribution in [1.82, 2.24) is 0 Å². The van der Waals surface area contributed by atoms with Crippen molar-refractivity contribution in [1.29, 1.82) is 0 Å². The molecule has 0 aliphatic carbocycles. The number of rotatable bonds is 14. The van der Waals surface area contributed by atoms with Crippen LogP contribution in [0.15, 0.2) is 0 Å². The molecule has 4 heterocycles. The molecule has 0 aromatic carbocycles. The average Bonchev–Trinajstić information content (AvgIpc) is 3.34. The minimum atomic E-state index is -5.46. The summed E-state index contributed by atoms with van der Waals surface area (Å²) in [5.74, 6) is -2.69. The molecule has 0 saturated carbocycles. The molecule has 0 spiro atoms. The van der Waals surface area contributed by atoms with E-state index >= 15 is 0 Å². The largest absolute Gasteiger partial charge is 1.00 e. The Kier molecular flexibility index (Phi) is 25.2. The fourth-order valence-electron chi connectivity index (χ4n) is 5.64. The first kappa shape index (κ1) is 57.6. The molecule has 326 valence electrons. The van der Waals surface area contributed by atoms with E-state index in [1.807, 2.05) is 0 Å². The van der Waals surface area contributed by atoms with Gasteiger partial charge in [-0.2, -0.15) is 8.42 Å². The summed E-state index contributed by atoms with van der Waals surface area (Å²) in [6.07, 6.45) is -34.5. The minimum Gasteiger partial charge on any atom is -0.705 e. The van der Waals surface area contributed by atoms with Crippen LogP contribution in [0, 0.1) is 0 Å². The fourth-order valence-corrected chi connectivity index (χ4v) is 6.14. The molecule has 4 aliphatic heterocycles. The Bertz CT molecular complexity index is 1190. The number of aliphatic hydroxyl groups is 13. The van der Waals surface area contributed by atoms with Gasteiger partial charge < -0.3 is 131 Å². The first-order chi connectivity index (χ1) is 23.4. The van der Waals surface area contributed by atoms with Gasteiger partial charge in [0.2, 0.25) is 5.79 Å². The minimum absolute atomic E-state index is 0. The van der Waals surface area contributed by atoms with Gasteiger partial charge in [0.15, 0.2) is 25.0 Å². The van der Waals surface area contributed by atoms with E-state index in [0.29, 0.717) is 0 Å². The molecule has 0 unspecified atom stereocenters. The van der Waals surface area contributed by atoms with E-state index in [2.05, 4.69) is 8.52 Å². The van der Waals surface area contributed by atoms with Crippen LogP contribution in [0.2, 0.25) is 0 Å². The third kappa shape index (κ3) is 12.5. The topological polar surface area (TPSA) is 529 Å². The monoisotopic (exact) mass is 872 g/mol. The van der Waals surface area contributed by atoms with Gasteiger partial charge >= 0.3 is 61.8 Å². The van der Waals surface area contributed by atoms with Crippen LogP contribution in [-0.2, 0) is 52.1 Å². The van der Waals surface area contributed by atoms with Gasteiger partial charge in [0.25, 0.3) is 0 Å². The molecular formula is C24H49KO29S. The Hall–Kier alpha value is 0.506. The molecule has 21 N–H and O–H groups in total. The molecule has 4 fully saturated rings. The smallest absolute Gasteiger partial charge is 0.705 e. The Morgan fingerprint density at radius 3 is 1.40 bits per heavy atom. The summed E-state index contributed by atoms with van der Waals surface area (Å²) in [4.78, 5) is 0. The van der Waals surface area contributed by atoms with Crippen molar-refractivity contribution in [3.63, 3.8) is 0 Å². The van der Waals surface area contributed by atoms with Crippen LogP contribution in [-0.4, -0.2) is 246 Å². The molecule has 55 heavy (non-hydrogen) atoms. The maximum Gasteiger partial charge on any atom is 1.00 e. The van der Waals surface area contributed by atoms with Crippen molar-refractivity contribution in [2.75, 3.05) is 33.0 Å². The predicted octanol–water partition coefficient (Wildman–Crippen LogP) is -17.5. The molecule has 4 rings (SSSR count). The molecule has 29 nitrogen and oxygen atoms in total. The van der Waals surface area contributed by atoms with E-state index in [0.717, 1.165) is 0 Å². The summed E-state index contributed by atoms with van der Waals surface area (Å²) in [5, 5.41) is 143. The van der Waals surface area contributed by atoms with Gasteiger partial charge in [-0.1, -0.05) is 0 Å². The van der Waals surface area contributed by atoms with Crippen molar-refractivity contribution < 1.29 is 195 Å². The third-order valence-corrected chi connectivity index (χ3v) is 9.17. The molecule has 0 bridgehead atoms. The second kappa shape index (κ2) is 24.1. The van der Waals surface area contributed by atoms with E-state index in [4.69, 9.17) is 33.2 Å². The van der Waals surface area contributed by atoms with Crippen LogP contribution in [0.3, 0.4) is 0 Å². The zero-order valence-electron chi connectivity index (χ0n) is 28.5. The number of ether oxygens (including phenoxy) is 7. The van der Waals surface area contributed by atoms with Gasteiger partial charge in [-0.25, -0.2) is 4.18 Å². The molecule has 0 aromatic heterocycles. The molecule has 0 radical (unpaired) electrons. The molecular weight excluding hydrogens is 823 g/mol. The van der Waals surface area contributed by atoms with Gasteiger partial charge in [0.05, 0.1) is 26.4 Å². The summed E-state index contributed by atoms with van der Waals surface area (Å²) < 4.78 is 68.4. The first-order valence-electron chi connectivity index (χ1n) is 14.9. The molecule has 0 aromatic rings. The van der Waals surface area contributed by atoms with Crippen molar-refractivity contribution in [2.24, 2.45) is 0 Å². The number of hydrogen-bond donors (Lipinski definition) is 13. The van der Waals surface area contributed by atoms with Crippen LogP contribution >= 0.6 is 0 Å². The maximum absolute atomic E-state index is 11.8. The second-order valence-electron chi connectivity index (χ2n) is 11.8. The van der Waals surface area contributed by atoms with E-state index < -0.39 is 160 Å². The van der Waals surface area contributed by atoms with Gasteiger partial charge in [-0.05, 0) is 0 Å². The zero-order chi connectivity index (χ0) is 37.3. The van der Waals surface area contributed by atoms with Crippen molar-refractivity contribution in [2.45, 2.75) is 116 Å². The predicted molar refractivity (Wildman–Crippen MR) is 157 cm³/mol. The SMILES string of the molecule is O.O.O.O.O=S(=O)(O[O-])O[C@H]1[C@@H](O[C@]2(CO)O[C@H](CO)[C@@H](O)[C@@H]2O)O[C@H](CO[C@H]2O[C@H](CO[C@H]3O[C@H](CO)[C@H](O)[C@H](O)[C@H]3O)[C@H](O)[C@H](O)[C@H]2O)[C@@H](O)[C@@H]1O.[K+]. The Morgan fingerprint density at radius 2 is 0.982 bits per heavy atom. The summed E-state index contributed by atoms with van der Waals surface area (Å²) in [5.41, 5.74) is 0. The van der Waals surface area contributed by atoms with E-state index in [1.165, 1.54) is 0 Å². The quantitative estimate of drug-likeness (QED) is 0.0438. The average molecular weight is 873 g/mol. The van der Waals surface area contributed by atoms with E-state index in [9.17, 15) is 80.1 Å². The van der Waals surface area contributed by atoms with Gasteiger partial charge in [-0.15, -0.1) is 0 Å². The van der Waals surface area contributed by atoms with E-state index in [1.54, 1.807) is 0 Å². The second-order valence-corrected chi connectivity index (χ2v) is 12.9. The van der Waals surface area contributed by atoms with Crippen LogP contribution in [0.25, 0.3) is 0 Å².